The van der Waals surface area contributed by atoms with Crippen molar-refractivity contribution in [1.82, 2.24) is 20.0 Å². The molecule has 0 saturated carbocycles. The third-order valence-electron chi connectivity index (χ3n) is 6.03. The van der Waals surface area contributed by atoms with Gasteiger partial charge in [-0.2, -0.15) is 5.10 Å². The van der Waals surface area contributed by atoms with Crippen LogP contribution < -0.4 is 5.32 Å². The Balaban J connectivity index is 1.64. The van der Waals surface area contributed by atoms with Gasteiger partial charge >= 0.3 is 0 Å². The number of aromatic nitrogens is 2. The SMILES string of the molecule is Cc1ccc(-c2nn(Cc3ccccc3)cc2C(=O)NC2CCN(C)CC2)cc1C. The van der Waals surface area contributed by atoms with E-state index in [4.69, 9.17) is 5.10 Å². The van der Waals surface area contributed by atoms with Gasteiger partial charge in [-0.1, -0.05) is 42.5 Å². The highest BCUT2D eigenvalue weighted by molar-refractivity contribution is 6.00. The van der Waals surface area contributed by atoms with Crippen molar-refractivity contribution in [1.29, 1.82) is 0 Å². The second-order valence-corrected chi connectivity index (χ2v) is 8.42. The van der Waals surface area contributed by atoms with E-state index >= 15 is 0 Å². The summed E-state index contributed by atoms with van der Waals surface area (Å²) in [4.78, 5) is 15.5. The molecule has 30 heavy (non-hydrogen) atoms. The van der Waals surface area contributed by atoms with Gasteiger partial charge in [0, 0.05) is 17.8 Å². The lowest BCUT2D eigenvalue weighted by molar-refractivity contribution is 0.0917. The third kappa shape index (κ3) is 4.62. The molecule has 0 unspecified atom stereocenters. The molecule has 1 aliphatic heterocycles. The van der Waals surface area contributed by atoms with Crippen LogP contribution in [0.3, 0.4) is 0 Å². The van der Waals surface area contributed by atoms with Crippen LogP contribution in [0.1, 0.15) is 39.9 Å². The van der Waals surface area contributed by atoms with Crippen molar-refractivity contribution in [2.45, 2.75) is 39.3 Å². The van der Waals surface area contributed by atoms with Crippen LogP contribution >= 0.6 is 0 Å². The summed E-state index contributed by atoms with van der Waals surface area (Å²) in [6.07, 6.45) is 3.86. The lowest BCUT2D eigenvalue weighted by Gasteiger charge is -2.29. The van der Waals surface area contributed by atoms with Crippen molar-refractivity contribution in [2.24, 2.45) is 0 Å². The first-order chi connectivity index (χ1) is 14.5. The molecule has 4 rings (SSSR count). The van der Waals surface area contributed by atoms with E-state index in [1.54, 1.807) is 0 Å². The zero-order valence-corrected chi connectivity index (χ0v) is 18.1. The average Bonchev–Trinajstić information content (AvgIpc) is 3.16. The van der Waals surface area contributed by atoms with Gasteiger partial charge in [0.15, 0.2) is 0 Å². The van der Waals surface area contributed by atoms with Gasteiger partial charge < -0.3 is 10.2 Å². The number of aryl methyl sites for hydroxylation is 2. The van der Waals surface area contributed by atoms with Crippen LogP contribution in [-0.2, 0) is 6.54 Å². The van der Waals surface area contributed by atoms with Gasteiger partial charge in [-0.3, -0.25) is 9.48 Å². The number of nitrogens with zero attached hydrogens (tertiary/aromatic N) is 3. The van der Waals surface area contributed by atoms with Crippen LogP contribution in [0, 0.1) is 13.8 Å². The van der Waals surface area contributed by atoms with Crippen molar-refractivity contribution in [3.05, 3.63) is 77.0 Å². The fourth-order valence-electron chi connectivity index (χ4n) is 3.96. The van der Waals surface area contributed by atoms with Gasteiger partial charge in [-0.25, -0.2) is 0 Å². The molecule has 3 aromatic rings. The van der Waals surface area contributed by atoms with Gasteiger partial charge in [0.05, 0.1) is 12.1 Å². The molecule has 1 N–H and O–H groups in total. The maximum absolute atomic E-state index is 13.2. The van der Waals surface area contributed by atoms with Crippen LogP contribution in [0.25, 0.3) is 11.3 Å². The number of rotatable bonds is 5. The molecule has 1 saturated heterocycles. The molecule has 1 aliphatic rings. The van der Waals surface area contributed by atoms with E-state index in [0.29, 0.717) is 12.1 Å². The summed E-state index contributed by atoms with van der Waals surface area (Å²) in [5, 5.41) is 8.07. The van der Waals surface area contributed by atoms with Crippen molar-refractivity contribution < 1.29 is 4.79 Å². The Kier molecular flexibility index (Phi) is 6.00. The average molecular weight is 403 g/mol. The monoisotopic (exact) mass is 402 g/mol. The summed E-state index contributed by atoms with van der Waals surface area (Å²) in [6.45, 7) is 6.86. The van der Waals surface area contributed by atoms with Gasteiger partial charge in [-0.05, 0) is 69.6 Å². The minimum Gasteiger partial charge on any atom is -0.349 e. The second-order valence-electron chi connectivity index (χ2n) is 8.42. The lowest BCUT2D eigenvalue weighted by atomic mass is 10.0. The molecule has 1 aromatic heterocycles. The topological polar surface area (TPSA) is 50.2 Å². The van der Waals surface area contributed by atoms with E-state index in [9.17, 15) is 4.79 Å². The maximum Gasteiger partial charge on any atom is 0.255 e. The Hall–Kier alpha value is -2.92. The highest BCUT2D eigenvalue weighted by Crippen LogP contribution is 2.25. The smallest absolute Gasteiger partial charge is 0.255 e. The van der Waals surface area contributed by atoms with Gasteiger partial charge in [0.25, 0.3) is 5.91 Å². The number of amides is 1. The molecule has 2 aromatic carbocycles. The van der Waals surface area contributed by atoms with Gasteiger partial charge in [-0.15, -0.1) is 0 Å². The highest BCUT2D eigenvalue weighted by atomic mass is 16.1. The number of nitrogens with one attached hydrogen (secondary N) is 1. The molecule has 0 spiro atoms. The standard InChI is InChI=1S/C25H30N4O/c1-18-9-10-21(15-19(18)2)24-23(25(30)26-22-11-13-28(3)14-12-22)17-29(27-24)16-20-7-5-4-6-8-20/h4-10,15,17,22H,11-14,16H2,1-3H3,(H,26,30). The molecule has 0 bridgehead atoms. The number of hydrogen-bond donors (Lipinski definition) is 1. The molecule has 0 aliphatic carbocycles. The molecule has 0 radical (unpaired) electrons. The first-order valence-electron chi connectivity index (χ1n) is 10.7. The zero-order chi connectivity index (χ0) is 21.1. The molecular formula is C25H30N4O. The molecule has 5 nitrogen and oxygen atoms in total. The minimum absolute atomic E-state index is 0.0305. The number of likely N-dealkylation sites (tertiary alicyclic amines) is 1. The van der Waals surface area contributed by atoms with Crippen LogP contribution in [-0.4, -0.2) is 46.8 Å². The number of benzene rings is 2. The molecule has 1 amide bonds. The van der Waals surface area contributed by atoms with E-state index in [2.05, 4.69) is 61.4 Å². The van der Waals surface area contributed by atoms with Crippen LogP contribution in [0.5, 0.6) is 0 Å². The van der Waals surface area contributed by atoms with E-state index in [-0.39, 0.29) is 11.9 Å². The summed E-state index contributed by atoms with van der Waals surface area (Å²) < 4.78 is 1.88. The number of carbonyl (C=O) groups excluding carboxylic acids is 1. The first kappa shape index (κ1) is 20.4. The summed E-state index contributed by atoms with van der Waals surface area (Å²) in [5.74, 6) is -0.0305. The van der Waals surface area contributed by atoms with Crippen molar-refractivity contribution >= 4 is 5.91 Å². The fraction of sp³-hybridized carbons (Fsp3) is 0.360. The van der Waals surface area contributed by atoms with Crippen LogP contribution in [0.15, 0.2) is 54.7 Å². The predicted molar refractivity (Wildman–Crippen MR) is 121 cm³/mol. The molecule has 156 valence electrons. The van der Waals surface area contributed by atoms with E-state index in [1.807, 2.05) is 29.1 Å². The zero-order valence-electron chi connectivity index (χ0n) is 18.1. The third-order valence-corrected chi connectivity index (χ3v) is 6.03. The van der Waals surface area contributed by atoms with E-state index < -0.39 is 0 Å². The Labute approximate surface area is 178 Å². The summed E-state index contributed by atoms with van der Waals surface area (Å²) in [6, 6.07) is 16.7. The number of hydrogen-bond acceptors (Lipinski definition) is 3. The minimum atomic E-state index is -0.0305. The van der Waals surface area contributed by atoms with Gasteiger partial charge in [0.1, 0.15) is 5.69 Å². The maximum atomic E-state index is 13.2. The molecule has 5 heteroatoms. The molecule has 2 heterocycles. The molecular weight excluding hydrogens is 372 g/mol. The van der Waals surface area contributed by atoms with Crippen molar-refractivity contribution in [2.75, 3.05) is 20.1 Å². The van der Waals surface area contributed by atoms with E-state index in [1.165, 1.54) is 11.1 Å². The summed E-state index contributed by atoms with van der Waals surface area (Å²) >= 11 is 0. The van der Waals surface area contributed by atoms with E-state index in [0.717, 1.165) is 42.8 Å². The summed E-state index contributed by atoms with van der Waals surface area (Å²) in [7, 11) is 2.13. The molecule has 0 atom stereocenters. The van der Waals surface area contributed by atoms with Crippen molar-refractivity contribution in [3.63, 3.8) is 0 Å². The van der Waals surface area contributed by atoms with Gasteiger partial charge in [0.2, 0.25) is 0 Å². The predicted octanol–water partition coefficient (Wildman–Crippen LogP) is 4.04. The lowest BCUT2D eigenvalue weighted by Crippen LogP contribution is -2.43. The normalized spacial score (nSPS) is 15.3. The first-order valence-corrected chi connectivity index (χ1v) is 10.7. The second kappa shape index (κ2) is 8.84. The Morgan fingerprint density at radius 2 is 1.80 bits per heavy atom. The number of piperidine rings is 1. The Morgan fingerprint density at radius 1 is 1.07 bits per heavy atom. The van der Waals surface area contributed by atoms with Crippen LogP contribution in [0.4, 0.5) is 0 Å². The quantitative estimate of drug-likeness (QED) is 0.701. The molecule has 1 fully saturated rings. The van der Waals surface area contributed by atoms with Crippen molar-refractivity contribution in [3.8, 4) is 11.3 Å². The number of carbonyl (C=O) groups is 1. The Bertz CT molecular complexity index is 1020. The highest BCUT2D eigenvalue weighted by Gasteiger charge is 2.23. The summed E-state index contributed by atoms with van der Waals surface area (Å²) in [5.41, 5.74) is 5.98. The largest absolute Gasteiger partial charge is 0.349 e. The van der Waals surface area contributed by atoms with Crippen LogP contribution in [0.2, 0.25) is 0 Å². The Morgan fingerprint density at radius 3 is 2.50 bits per heavy atom. The fourth-order valence-corrected chi connectivity index (χ4v) is 3.96.